The van der Waals surface area contributed by atoms with Crippen molar-refractivity contribution in [2.75, 3.05) is 6.54 Å². The Morgan fingerprint density at radius 2 is 1.94 bits per heavy atom. The molecule has 0 bridgehead atoms. The van der Waals surface area contributed by atoms with E-state index in [0.717, 1.165) is 27.9 Å². The van der Waals surface area contributed by atoms with Crippen molar-refractivity contribution < 1.29 is 9.21 Å². The number of hydrogen-bond donors (Lipinski definition) is 1. The van der Waals surface area contributed by atoms with Gasteiger partial charge in [-0.05, 0) is 11.5 Å². The molecule has 8 heteroatoms. The number of aromatic amines is 1. The molecule has 4 heterocycles. The van der Waals surface area contributed by atoms with Crippen LogP contribution < -0.4 is 0 Å². The fourth-order valence-electron chi connectivity index (χ4n) is 4.06. The van der Waals surface area contributed by atoms with E-state index < -0.39 is 6.04 Å². The lowest BCUT2D eigenvalue weighted by Gasteiger charge is -2.36. The lowest BCUT2D eigenvalue weighted by Crippen LogP contribution is -2.42. The first-order valence-electron chi connectivity index (χ1n) is 10.4. The average Bonchev–Trinajstić information content (AvgIpc) is 3.43. The lowest BCUT2D eigenvalue weighted by atomic mass is 9.92. The van der Waals surface area contributed by atoms with Crippen LogP contribution in [-0.4, -0.2) is 42.5 Å². The molecule has 1 aliphatic rings. The summed E-state index contributed by atoms with van der Waals surface area (Å²) in [6, 6.07) is 9.64. The molecule has 0 fully saturated rings. The van der Waals surface area contributed by atoms with Crippen molar-refractivity contribution in [2.45, 2.75) is 45.1 Å². The number of fused-ring (bicyclic) bond motifs is 2. The number of nitrogens with zero attached hydrogens (tertiary/aromatic N) is 5. The molecular formula is C23H24N6O2. The van der Waals surface area contributed by atoms with Crippen LogP contribution in [-0.2, 0) is 5.41 Å². The molecule has 0 saturated carbocycles. The maximum absolute atomic E-state index is 13.5. The van der Waals surface area contributed by atoms with Gasteiger partial charge in [0.25, 0.3) is 0 Å². The minimum atomic E-state index is -0.421. The number of amides is 1. The summed E-state index contributed by atoms with van der Waals surface area (Å²) in [7, 11) is 0. The van der Waals surface area contributed by atoms with Crippen LogP contribution in [0.5, 0.6) is 0 Å². The second-order valence-corrected chi connectivity index (χ2v) is 9.08. The molecular weight excluding hydrogens is 392 g/mol. The Balaban J connectivity index is 1.60. The van der Waals surface area contributed by atoms with Gasteiger partial charge >= 0.3 is 11.8 Å². The molecule has 1 aliphatic heterocycles. The van der Waals surface area contributed by atoms with Crippen molar-refractivity contribution >= 4 is 16.7 Å². The van der Waals surface area contributed by atoms with Crippen LogP contribution in [0.15, 0.2) is 47.3 Å². The van der Waals surface area contributed by atoms with Gasteiger partial charge in [-0.25, -0.2) is 4.98 Å². The van der Waals surface area contributed by atoms with E-state index in [-0.39, 0.29) is 23.1 Å². The molecule has 1 N–H and O–H groups in total. The number of pyridine rings is 1. The van der Waals surface area contributed by atoms with E-state index in [2.05, 4.69) is 27.1 Å². The highest BCUT2D eigenvalue weighted by molar-refractivity contribution is 5.90. The van der Waals surface area contributed by atoms with Gasteiger partial charge in [0.05, 0.1) is 23.4 Å². The van der Waals surface area contributed by atoms with Crippen molar-refractivity contribution in [3.8, 4) is 0 Å². The number of imidazole rings is 1. The summed E-state index contributed by atoms with van der Waals surface area (Å²) < 4.78 is 5.76. The highest BCUT2D eigenvalue weighted by atomic mass is 16.4. The van der Waals surface area contributed by atoms with Gasteiger partial charge in [0.15, 0.2) is 0 Å². The van der Waals surface area contributed by atoms with E-state index in [4.69, 9.17) is 9.40 Å². The van der Waals surface area contributed by atoms with Crippen LogP contribution in [0.2, 0.25) is 0 Å². The van der Waals surface area contributed by atoms with E-state index in [1.807, 2.05) is 57.3 Å². The standard InChI is InChI=1S/C23H24N6O2/c1-13-11-29(21(30)20-27-28-22(31-20)23(2,3)4)19(18-17(13)25-12-26-18)16-9-14-7-5-6-8-15(14)10-24-16/h5-10,12-13,19H,11H2,1-4H3,(H,25,26)/t13-,19-/m1/s1. The van der Waals surface area contributed by atoms with E-state index in [1.54, 1.807) is 11.2 Å². The smallest absolute Gasteiger partial charge is 0.312 e. The third-order valence-electron chi connectivity index (χ3n) is 5.66. The number of benzene rings is 1. The summed E-state index contributed by atoms with van der Waals surface area (Å²) in [6.45, 7) is 8.44. The Morgan fingerprint density at radius 1 is 1.16 bits per heavy atom. The van der Waals surface area contributed by atoms with E-state index in [1.165, 1.54) is 0 Å². The Morgan fingerprint density at radius 3 is 2.68 bits per heavy atom. The van der Waals surface area contributed by atoms with Gasteiger partial charge in [-0.3, -0.25) is 9.78 Å². The van der Waals surface area contributed by atoms with Crippen LogP contribution >= 0.6 is 0 Å². The normalized spacial score (nSPS) is 18.9. The van der Waals surface area contributed by atoms with E-state index >= 15 is 0 Å². The van der Waals surface area contributed by atoms with Crippen molar-refractivity contribution in [2.24, 2.45) is 0 Å². The lowest BCUT2D eigenvalue weighted by molar-refractivity contribution is 0.0625. The highest BCUT2D eigenvalue weighted by Gasteiger charge is 2.40. The molecule has 1 aromatic carbocycles. The SMILES string of the molecule is C[C@@H]1CN(C(=O)c2nnc(C(C)(C)C)o2)[C@H](c2cc3ccccc3cn2)c2[nH]cnc21. The number of H-pyrrole nitrogens is 1. The maximum atomic E-state index is 13.5. The van der Waals surface area contributed by atoms with Crippen LogP contribution in [0.4, 0.5) is 0 Å². The van der Waals surface area contributed by atoms with Gasteiger partial charge in [0.1, 0.15) is 6.04 Å². The van der Waals surface area contributed by atoms with Crippen LogP contribution in [0.25, 0.3) is 10.8 Å². The Bertz CT molecular complexity index is 1270. The first kappa shape index (κ1) is 19.4. The zero-order valence-corrected chi connectivity index (χ0v) is 18.0. The fraction of sp³-hybridized carbons (Fsp3) is 0.348. The number of aromatic nitrogens is 5. The zero-order valence-electron chi connectivity index (χ0n) is 18.0. The van der Waals surface area contributed by atoms with Crippen LogP contribution in [0.3, 0.4) is 0 Å². The first-order valence-corrected chi connectivity index (χ1v) is 10.4. The van der Waals surface area contributed by atoms with Crippen molar-refractivity contribution in [1.29, 1.82) is 0 Å². The van der Waals surface area contributed by atoms with E-state index in [0.29, 0.717) is 12.4 Å². The van der Waals surface area contributed by atoms with Crippen LogP contribution in [0.1, 0.15) is 73.3 Å². The molecule has 0 aliphatic carbocycles. The van der Waals surface area contributed by atoms with Gasteiger partial charge in [-0.2, -0.15) is 0 Å². The predicted molar refractivity (Wildman–Crippen MR) is 115 cm³/mol. The molecule has 0 radical (unpaired) electrons. The maximum Gasteiger partial charge on any atom is 0.312 e. The minimum absolute atomic E-state index is 0.00844. The molecule has 158 valence electrons. The van der Waals surface area contributed by atoms with Crippen LogP contribution in [0, 0.1) is 0 Å². The monoisotopic (exact) mass is 416 g/mol. The summed E-state index contributed by atoms with van der Waals surface area (Å²) >= 11 is 0. The van der Waals surface area contributed by atoms with Gasteiger partial charge in [0, 0.05) is 29.5 Å². The molecule has 0 spiro atoms. The second kappa shape index (κ2) is 7.01. The third-order valence-corrected chi connectivity index (χ3v) is 5.66. The molecule has 5 rings (SSSR count). The summed E-state index contributed by atoms with van der Waals surface area (Å²) in [6.07, 6.45) is 3.51. The molecule has 2 atom stereocenters. The predicted octanol–water partition coefficient (Wildman–Crippen LogP) is 3.99. The Labute approximate surface area is 179 Å². The average molecular weight is 416 g/mol. The molecule has 1 amide bonds. The quantitative estimate of drug-likeness (QED) is 0.530. The molecule has 0 saturated heterocycles. The van der Waals surface area contributed by atoms with Gasteiger partial charge in [-0.1, -0.05) is 52.0 Å². The Kier molecular flexibility index (Phi) is 4.39. The van der Waals surface area contributed by atoms with Gasteiger partial charge in [-0.15, -0.1) is 10.2 Å². The minimum Gasteiger partial charge on any atom is -0.416 e. The number of hydrogen-bond acceptors (Lipinski definition) is 6. The first-order chi connectivity index (χ1) is 14.8. The van der Waals surface area contributed by atoms with Crippen molar-refractivity contribution in [3.63, 3.8) is 0 Å². The summed E-state index contributed by atoms with van der Waals surface area (Å²) in [5.74, 6) is 0.177. The summed E-state index contributed by atoms with van der Waals surface area (Å²) in [5.41, 5.74) is 2.24. The highest BCUT2D eigenvalue weighted by Crippen LogP contribution is 2.38. The molecule has 4 aromatic rings. The second-order valence-electron chi connectivity index (χ2n) is 9.08. The molecule has 0 unspecified atom stereocenters. The van der Waals surface area contributed by atoms with Crippen molar-refractivity contribution in [3.05, 3.63) is 71.7 Å². The van der Waals surface area contributed by atoms with Crippen molar-refractivity contribution in [1.82, 2.24) is 30.0 Å². The molecule has 8 nitrogen and oxygen atoms in total. The topological polar surface area (TPSA) is 101 Å². The number of carbonyl (C=O) groups is 1. The summed E-state index contributed by atoms with van der Waals surface area (Å²) in [5, 5.41) is 10.3. The van der Waals surface area contributed by atoms with E-state index in [9.17, 15) is 4.79 Å². The fourth-order valence-corrected chi connectivity index (χ4v) is 4.06. The number of nitrogens with one attached hydrogen (secondary N) is 1. The summed E-state index contributed by atoms with van der Waals surface area (Å²) in [4.78, 5) is 27.7. The molecule has 31 heavy (non-hydrogen) atoms. The number of carbonyl (C=O) groups excluding carboxylic acids is 1. The zero-order chi connectivity index (χ0) is 21.8. The largest absolute Gasteiger partial charge is 0.416 e. The van der Waals surface area contributed by atoms with Gasteiger partial charge in [0.2, 0.25) is 5.89 Å². The Hall–Kier alpha value is -3.55. The number of rotatable bonds is 2. The molecule has 3 aromatic heterocycles. The third kappa shape index (κ3) is 3.28. The van der Waals surface area contributed by atoms with Gasteiger partial charge < -0.3 is 14.3 Å².